The van der Waals surface area contributed by atoms with Crippen LogP contribution in [-0.2, 0) is 15.3 Å². The first kappa shape index (κ1) is 27.6. The van der Waals surface area contributed by atoms with E-state index in [1.54, 1.807) is 0 Å². The molecule has 0 saturated carbocycles. The van der Waals surface area contributed by atoms with Crippen LogP contribution in [0.3, 0.4) is 0 Å². The molecular weight excluding hydrogens is 591 g/mol. The van der Waals surface area contributed by atoms with Crippen molar-refractivity contribution in [1.29, 1.82) is 0 Å². The van der Waals surface area contributed by atoms with E-state index < -0.39 is 38.9 Å². The largest absolute Gasteiger partial charge is 0.489 e. The van der Waals surface area contributed by atoms with Crippen molar-refractivity contribution in [1.82, 2.24) is 19.5 Å². The van der Waals surface area contributed by atoms with Crippen LogP contribution in [0.4, 0.5) is 13.2 Å². The summed E-state index contributed by atoms with van der Waals surface area (Å²) in [6, 6.07) is 3.34. The average Bonchev–Trinajstić information content (AvgIpc) is 3.44. The summed E-state index contributed by atoms with van der Waals surface area (Å²) in [6.07, 6.45) is -3.91. The third-order valence-electron chi connectivity index (χ3n) is 4.66. The molecule has 1 atom stereocenters. The number of aromatic nitrogens is 4. The van der Waals surface area contributed by atoms with E-state index in [0.717, 1.165) is 16.7 Å². The van der Waals surface area contributed by atoms with E-state index in [9.17, 15) is 22.8 Å². The van der Waals surface area contributed by atoms with Gasteiger partial charge in [-0.15, -0.1) is 0 Å². The lowest BCUT2D eigenvalue weighted by molar-refractivity contribution is -0.137. The minimum Gasteiger partial charge on any atom is -0.489 e. The fourth-order valence-electron chi connectivity index (χ4n) is 3.06. The van der Waals surface area contributed by atoms with Crippen molar-refractivity contribution in [2.45, 2.75) is 12.3 Å². The Morgan fingerprint density at radius 2 is 1.81 bits per heavy atom. The second kappa shape index (κ2) is 10.4. The zero-order valence-corrected chi connectivity index (χ0v) is 21.0. The number of phosphoric ester groups is 1. The van der Waals surface area contributed by atoms with Crippen molar-refractivity contribution < 1.29 is 46.4 Å². The van der Waals surface area contributed by atoms with Crippen LogP contribution >= 0.6 is 42.6 Å². The Bertz CT molecular complexity index is 1510. The quantitative estimate of drug-likeness (QED) is 0.238. The Hall–Kier alpha value is -2.42. The third kappa shape index (κ3) is 6.36. The predicted molar refractivity (Wildman–Crippen MR) is 123 cm³/mol. The Morgan fingerprint density at radius 1 is 1.08 bits per heavy atom. The van der Waals surface area contributed by atoms with Crippen molar-refractivity contribution in [3.05, 3.63) is 51.2 Å². The number of fused-ring (bicyclic) bond motifs is 1. The smallest absolute Gasteiger partial charge is 0.470 e. The average molecular weight is 604 g/mol. The molecule has 0 radical (unpaired) electrons. The summed E-state index contributed by atoms with van der Waals surface area (Å²) in [5.41, 5.74) is -0.694. The predicted octanol–water partition coefficient (Wildman–Crippen LogP) is 4.88. The highest BCUT2D eigenvalue weighted by Gasteiger charge is 2.32. The fraction of sp³-hybridized carbons (Fsp3) is 0.211. The Balaban J connectivity index is 1.58. The van der Waals surface area contributed by atoms with E-state index in [1.165, 1.54) is 18.3 Å². The van der Waals surface area contributed by atoms with Crippen molar-refractivity contribution in [3.63, 3.8) is 0 Å². The number of hydrogen-bond acceptors (Lipinski definition) is 8. The summed E-state index contributed by atoms with van der Waals surface area (Å²) in [7, 11) is -4.86. The summed E-state index contributed by atoms with van der Waals surface area (Å²) in [5.74, 6) is -0.177. The zero-order chi connectivity index (χ0) is 27.1. The first-order chi connectivity index (χ1) is 17.2. The van der Waals surface area contributed by atoms with E-state index in [-0.39, 0.29) is 49.4 Å². The molecule has 11 nitrogen and oxygen atoms in total. The number of aliphatic hydroxyl groups excluding tert-OH is 1. The van der Waals surface area contributed by atoms with E-state index in [4.69, 9.17) is 53.8 Å². The van der Waals surface area contributed by atoms with Crippen molar-refractivity contribution in [2.24, 2.45) is 0 Å². The van der Waals surface area contributed by atoms with E-state index in [1.807, 2.05) is 0 Å². The van der Waals surface area contributed by atoms with Gasteiger partial charge >= 0.3 is 14.0 Å². The molecule has 0 spiro atoms. The molecule has 1 unspecified atom stereocenters. The van der Waals surface area contributed by atoms with Crippen LogP contribution in [0.5, 0.6) is 5.75 Å². The van der Waals surface area contributed by atoms with Gasteiger partial charge in [0.25, 0.3) is 5.89 Å². The standard InChI is InChI=1S/C19H13Cl3F3N4O7P/c20-11-3-15(34-7-9(6-30)36-37(31,32)33)12(21)2-10(11)16-27-18(35-28-16)14-5-29-4-8(19(23,24)25)1-13(22)17(29)26-14/h1-5,9,30H,6-7H2,(H2,31,32,33). The van der Waals surface area contributed by atoms with Crippen LogP contribution in [-0.4, -0.2) is 53.7 Å². The van der Waals surface area contributed by atoms with E-state index in [2.05, 4.69) is 19.6 Å². The maximum atomic E-state index is 13.1. The summed E-state index contributed by atoms with van der Waals surface area (Å²) < 4.78 is 66.1. The van der Waals surface area contributed by atoms with Crippen LogP contribution < -0.4 is 4.74 Å². The number of alkyl halides is 3. The van der Waals surface area contributed by atoms with Crippen LogP contribution in [0.1, 0.15) is 5.56 Å². The molecule has 37 heavy (non-hydrogen) atoms. The van der Waals surface area contributed by atoms with E-state index in [0.29, 0.717) is 0 Å². The van der Waals surface area contributed by atoms with Crippen LogP contribution in [0.25, 0.3) is 28.6 Å². The Morgan fingerprint density at radius 3 is 2.46 bits per heavy atom. The number of hydrogen-bond donors (Lipinski definition) is 3. The van der Waals surface area contributed by atoms with Crippen LogP contribution in [0.15, 0.2) is 35.1 Å². The number of benzene rings is 1. The maximum absolute atomic E-state index is 13.1. The number of nitrogens with zero attached hydrogens (tertiary/aromatic N) is 4. The van der Waals surface area contributed by atoms with Crippen molar-refractivity contribution >= 4 is 48.3 Å². The molecule has 0 bridgehead atoms. The van der Waals surface area contributed by atoms with Gasteiger partial charge in [-0.05, 0) is 12.1 Å². The van der Waals surface area contributed by atoms with E-state index >= 15 is 0 Å². The fourth-order valence-corrected chi connectivity index (χ4v) is 4.29. The van der Waals surface area contributed by atoms with Crippen molar-refractivity contribution in [3.8, 4) is 28.7 Å². The first-order valence-corrected chi connectivity index (χ1v) is 12.5. The summed E-state index contributed by atoms with van der Waals surface area (Å²) in [5, 5.41) is 12.8. The molecule has 0 aliphatic carbocycles. The van der Waals surface area contributed by atoms with Gasteiger partial charge in [-0.2, -0.15) is 18.2 Å². The zero-order valence-electron chi connectivity index (χ0n) is 17.9. The minimum absolute atomic E-state index is 0.00203. The normalized spacial score (nSPS) is 13.3. The number of imidazole rings is 1. The molecule has 3 aromatic heterocycles. The molecule has 198 valence electrons. The lowest BCUT2D eigenvalue weighted by atomic mass is 10.2. The number of pyridine rings is 1. The van der Waals surface area contributed by atoms with Crippen LogP contribution in [0.2, 0.25) is 15.1 Å². The highest BCUT2D eigenvalue weighted by molar-refractivity contribution is 7.46. The molecule has 3 heterocycles. The van der Waals surface area contributed by atoms with Crippen LogP contribution in [0, 0.1) is 0 Å². The molecule has 18 heteroatoms. The van der Waals surface area contributed by atoms with Gasteiger partial charge < -0.3 is 28.6 Å². The molecule has 3 N–H and O–H groups in total. The van der Waals surface area contributed by atoms with Gasteiger partial charge in [0.1, 0.15) is 24.2 Å². The van der Waals surface area contributed by atoms with Gasteiger partial charge in [0.05, 0.1) is 27.2 Å². The first-order valence-electron chi connectivity index (χ1n) is 9.81. The minimum atomic E-state index is -4.86. The van der Waals surface area contributed by atoms with Gasteiger partial charge in [0.2, 0.25) is 5.82 Å². The molecule has 0 aliphatic rings. The number of halogens is 6. The molecule has 4 rings (SSSR count). The number of aliphatic hydroxyl groups is 1. The Labute approximate surface area is 219 Å². The Kier molecular flexibility index (Phi) is 7.75. The van der Waals surface area contributed by atoms with Crippen molar-refractivity contribution in [2.75, 3.05) is 13.2 Å². The third-order valence-corrected chi connectivity index (χ3v) is 6.11. The highest BCUT2D eigenvalue weighted by atomic mass is 35.5. The topological polar surface area (TPSA) is 152 Å². The van der Waals surface area contributed by atoms with Gasteiger partial charge in [-0.3, -0.25) is 4.52 Å². The van der Waals surface area contributed by atoms with Gasteiger partial charge in [-0.25, -0.2) is 9.55 Å². The maximum Gasteiger partial charge on any atom is 0.470 e. The van der Waals surface area contributed by atoms with Gasteiger partial charge in [-0.1, -0.05) is 40.0 Å². The van der Waals surface area contributed by atoms with Gasteiger partial charge in [0, 0.05) is 24.0 Å². The summed E-state index contributed by atoms with van der Waals surface area (Å²) in [4.78, 5) is 26.0. The molecule has 4 aromatic rings. The second-order valence-electron chi connectivity index (χ2n) is 7.33. The molecule has 0 saturated heterocycles. The monoisotopic (exact) mass is 602 g/mol. The highest BCUT2D eigenvalue weighted by Crippen LogP contribution is 2.39. The summed E-state index contributed by atoms with van der Waals surface area (Å²) in [6.45, 7) is -1.21. The number of ether oxygens (including phenoxy) is 1. The molecule has 0 fully saturated rings. The SMILES string of the molecule is O=P(O)(O)OC(CO)COc1cc(Cl)c(-c2noc(-c3cn4cc(C(F)(F)F)cc(Cl)c4n3)n2)cc1Cl. The molecule has 0 aliphatic heterocycles. The number of phosphoric acid groups is 1. The molecular formula is C19H13Cl3F3N4O7P. The second-order valence-corrected chi connectivity index (χ2v) is 9.74. The number of rotatable bonds is 8. The lowest BCUT2D eigenvalue weighted by Gasteiger charge is -2.17. The van der Waals surface area contributed by atoms with Gasteiger partial charge in [0.15, 0.2) is 5.65 Å². The molecule has 1 aromatic carbocycles. The summed E-state index contributed by atoms with van der Waals surface area (Å²) >= 11 is 18.4. The lowest BCUT2D eigenvalue weighted by Crippen LogP contribution is -2.24. The molecule has 0 amide bonds.